The Kier molecular flexibility index (Phi) is 4.67. The number of benzene rings is 1. The first-order chi connectivity index (χ1) is 8.45. The predicted octanol–water partition coefficient (Wildman–Crippen LogP) is 3.62. The summed E-state index contributed by atoms with van der Waals surface area (Å²) in [5, 5.41) is 0. The molecule has 0 saturated heterocycles. The molecule has 0 saturated carbocycles. The zero-order chi connectivity index (χ0) is 13.4. The smallest absolute Gasteiger partial charge is 0.187 e. The van der Waals surface area contributed by atoms with E-state index in [1.807, 2.05) is 0 Å². The summed E-state index contributed by atoms with van der Waals surface area (Å²) < 4.78 is 4.71. The first-order valence-electron chi connectivity index (χ1n) is 6.75. The maximum absolute atomic E-state index is 2.36. The van der Waals surface area contributed by atoms with Crippen molar-refractivity contribution in [3.8, 4) is 0 Å². The molecule has 0 aliphatic heterocycles. The molecule has 19 heavy (non-hydrogen) atoms. The second-order valence-electron chi connectivity index (χ2n) is 5.69. The summed E-state index contributed by atoms with van der Waals surface area (Å²) in [5.74, 6) is 1.06. The summed E-state index contributed by atoms with van der Waals surface area (Å²) in [6, 6.07) is 8.62. The average molecular weight is 262 g/mol. The Morgan fingerprint density at radius 2 is 1.11 bits per heavy atom. The maximum atomic E-state index is 2.36. The quantitative estimate of drug-likeness (QED) is 0.730. The molecule has 0 spiro atoms. The van der Waals surface area contributed by atoms with Crippen LogP contribution in [-0.2, 0) is 14.1 Å². The number of hydrogen-bond acceptors (Lipinski definition) is 0. The van der Waals surface area contributed by atoms with Gasteiger partial charge in [0.1, 0.15) is 14.1 Å². The molecular weight excluding hydrogens is 232 g/mol. The molecule has 2 heteroatoms. The van der Waals surface area contributed by atoms with Gasteiger partial charge in [-0.25, -0.2) is 0 Å². The number of fused-ring (bicyclic) bond motifs is 1. The molecule has 2 rings (SSSR count). The molecule has 0 aliphatic carbocycles. The van der Waals surface area contributed by atoms with Gasteiger partial charge in [0.05, 0.1) is 0 Å². The van der Waals surface area contributed by atoms with Crippen molar-refractivity contribution in [1.29, 1.82) is 0 Å². The van der Waals surface area contributed by atoms with E-state index in [1.165, 1.54) is 22.4 Å². The summed E-state index contributed by atoms with van der Waals surface area (Å²) in [4.78, 5) is 0. The van der Waals surface area contributed by atoms with Gasteiger partial charge in [0.15, 0.2) is 0 Å². The number of para-hydroxylation sites is 2. The van der Waals surface area contributed by atoms with E-state index in [-0.39, 0.29) is 8.85 Å². The van der Waals surface area contributed by atoms with Crippen LogP contribution in [0.25, 0.3) is 11.0 Å². The minimum Gasteiger partial charge on any atom is -0.187 e. The third kappa shape index (κ3) is 2.49. The second kappa shape index (κ2) is 5.68. The molecular formula is C17H30N2+2. The van der Waals surface area contributed by atoms with E-state index in [0.29, 0.717) is 11.8 Å². The van der Waals surface area contributed by atoms with Gasteiger partial charge in [0, 0.05) is 25.4 Å². The highest BCUT2D eigenvalue weighted by Gasteiger charge is 2.32. The Morgan fingerprint density at radius 3 is 1.37 bits per heavy atom. The lowest BCUT2D eigenvalue weighted by Crippen LogP contribution is -2.48. The standard InChI is InChI=1S/C16H24N2.CH4.H2/c1-11(2)15-16(12(3)4)18(6)14-10-8-7-9-13(14)17(15)5;;/h7-12H,1-6H3;1H4;1H/q+2;;. The molecule has 1 heterocycles. The fourth-order valence-corrected chi connectivity index (χ4v) is 3.00. The molecule has 2 nitrogen and oxygen atoms in total. The summed E-state index contributed by atoms with van der Waals surface area (Å²) in [7, 11) is 4.37. The van der Waals surface area contributed by atoms with Crippen LogP contribution in [0.2, 0.25) is 0 Å². The van der Waals surface area contributed by atoms with E-state index < -0.39 is 0 Å². The molecule has 0 unspecified atom stereocenters. The van der Waals surface area contributed by atoms with Gasteiger partial charge in [-0.1, -0.05) is 47.3 Å². The van der Waals surface area contributed by atoms with Crippen molar-refractivity contribution in [2.75, 3.05) is 0 Å². The van der Waals surface area contributed by atoms with Gasteiger partial charge in [0.2, 0.25) is 0 Å². The molecule has 0 amide bonds. The fourth-order valence-electron chi connectivity index (χ4n) is 3.00. The van der Waals surface area contributed by atoms with E-state index in [2.05, 4.69) is 75.2 Å². The highest BCUT2D eigenvalue weighted by molar-refractivity contribution is 5.67. The molecule has 0 atom stereocenters. The van der Waals surface area contributed by atoms with E-state index in [9.17, 15) is 0 Å². The third-order valence-electron chi connectivity index (χ3n) is 3.68. The topological polar surface area (TPSA) is 7.76 Å². The predicted molar refractivity (Wildman–Crippen MR) is 83.3 cm³/mol. The molecule has 0 fully saturated rings. The lowest BCUT2D eigenvalue weighted by molar-refractivity contribution is -0.705. The molecule has 0 radical (unpaired) electrons. The molecule has 0 aliphatic rings. The van der Waals surface area contributed by atoms with Crippen molar-refractivity contribution < 1.29 is 10.6 Å². The Bertz CT molecular complexity index is 537. The van der Waals surface area contributed by atoms with Gasteiger partial charge < -0.3 is 0 Å². The van der Waals surface area contributed by atoms with Gasteiger partial charge in [-0.2, -0.15) is 9.13 Å². The van der Waals surface area contributed by atoms with Gasteiger partial charge in [-0.15, -0.1) is 0 Å². The molecule has 0 N–H and O–H groups in total. The van der Waals surface area contributed by atoms with Crippen molar-refractivity contribution in [3.05, 3.63) is 35.7 Å². The number of hydrogen-bond donors (Lipinski definition) is 0. The van der Waals surface area contributed by atoms with Crippen LogP contribution in [0, 0.1) is 0 Å². The van der Waals surface area contributed by atoms with E-state index in [1.54, 1.807) is 0 Å². The van der Waals surface area contributed by atoms with Crippen molar-refractivity contribution in [2.45, 2.75) is 47.0 Å². The van der Waals surface area contributed by atoms with Crippen LogP contribution in [0.3, 0.4) is 0 Å². The summed E-state index contributed by atoms with van der Waals surface area (Å²) >= 11 is 0. The monoisotopic (exact) mass is 262 g/mol. The summed E-state index contributed by atoms with van der Waals surface area (Å²) in [6.45, 7) is 9.10. The van der Waals surface area contributed by atoms with Gasteiger partial charge in [-0.3, -0.25) is 0 Å². The minimum atomic E-state index is 0. The van der Waals surface area contributed by atoms with Crippen molar-refractivity contribution in [3.63, 3.8) is 0 Å². The maximum Gasteiger partial charge on any atom is 0.277 e. The van der Waals surface area contributed by atoms with Crippen LogP contribution in [-0.4, -0.2) is 0 Å². The Balaban J connectivity index is 0.00000180. The lowest BCUT2D eigenvalue weighted by Gasteiger charge is -2.12. The van der Waals surface area contributed by atoms with Crippen LogP contribution < -0.4 is 9.13 Å². The number of aryl methyl sites for hydroxylation is 2. The number of aromatic nitrogens is 2. The van der Waals surface area contributed by atoms with Crippen LogP contribution >= 0.6 is 0 Å². The van der Waals surface area contributed by atoms with E-state index in [0.717, 1.165) is 0 Å². The normalized spacial score (nSPS) is 11.2. The van der Waals surface area contributed by atoms with E-state index >= 15 is 0 Å². The minimum absolute atomic E-state index is 0. The number of rotatable bonds is 2. The summed E-state index contributed by atoms with van der Waals surface area (Å²) in [6.07, 6.45) is 0. The average Bonchev–Trinajstić information content (AvgIpc) is 2.32. The first kappa shape index (κ1) is 15.6. The largest absolute Gasteiger partial charge is 0.277 e. The molecule has 1 aromatic carbocycles. The highest BCUT2D eigenvalue weighted by atomic mass is 15.1. The van der Waals surface area contributed by atoms with Crippen molar-refractivity contribution in [1.82, 2.24) is 0 Å². The molecule has 106 valence electrons. The molecule has 1 aromatic heterocycles. The SMILES string of the molecule is C.CC(C)c1c(C(C)C)[n+](C)c2ccccc2[n+]1C.[HH]. The van der Waals surface area contributed by atoms with Crippen LogP contribution in [0.4, 0.5) is 0 Å². The Morgan fingerprint density at radius 1 is 0.789 bits per heavy atom. The molecule has 0 bridgehead atoms. The first-order valence-corrected chi connectivity index (χ1v) is 6.75. The van der Waals surface area contributed by atoms with Crippen molar-refractivity contribution in [2.24, 2.45) is 14.1 Å². The van der Waals surface area contributed by atoms with Gasteiger partial charge in [-0.05, 0) is 0 Å². The van der Waals surface area contributed by atoms with Crippen molar-refractivity contribution >= 4 is 11.0 Å². The van der Waals surface area contributed by atoms with E-state index in [4.69, 9.17) is 0 Å². The second-order valence-corrected chi connectivity index (χ2v) is 5.69. The highest BCUT2D eigenvalue weighted by Crippen LogP contribution is 2.22. The zero-order valence-electron chi connectivity index (χ0n) is 12.4. The van der Waals surface area contributed by atoms with Crippen LogP contribution in [0.5, 0.6) is 0 Å². The zero-order valence-corrected chi connectivity index (χ0v) is 12.4. The molecule has 2 aromatic rings. The summed E-state index contributed by atoms with van der Waals surface area (Å²) in [5.41, 5.74) is 5.47. The Hall–Kier alpha value is -1.44. The Labute approximate surface area is 119 Å². The third-order valence-corrected chi connectivity index (χ3v) is 3.68. The van der Waals surface area contributed by atoms with Crippen LogP contribution in [0.1, 0.15) is 59.8 Å². The van der Waals surface area contributed by atoms with Gasteiger partial charge in [0.25, 0.3) is 22.4 Å². The number of nitrogens with zero attached hydrogens (tertiary/aromatic N) is 2. The van der Waals surface area contributed by atoms with Crippen LogP contribution in [0.15, 0.2) is 24.3 Å². The lowest BCUT2D eigenvalue weighted by atomic mass is 9.98. The van der Waals surface area contributed by atoms with Gasteiger partial charge >= 0.3 is 0 Å². The fraction of sp³-hybridized carbons (Fsp3) is 0.529.